The van der Waals surface area contributed by atoms with Gasteiger partial charge in [0.1, 0.15) is 0 Å². The second kappa shape index (κ2) is 4.15. The number of halogens is 2. The number of benzene rings is 1. The predicted molar refractivity (Wildman–Crippen MR) is 77.0 cm³/mol. The molecule has 0 amide bonds. The lowest BCUT2D eigenvalue weighted by Gasteiger charge is -2.04. The lowest BCUT2D eigenvalue weighted by atomic mass is 10.3. The molecule has 1 aromatic carbocycles. The van der Waals surface area contributed by atoms with E-state index in [1.807, 2.05) is 24.7 Å². The minimum Gasteiger partial charge on any atom is -0.369 e. The molecule has 3 rings (SSSR count). The van der Waals surface area contributed by atoms with Crippen LogP contribution < -0.4 is 5.73 Å². The van der Waals surface area contributed by atoms with Gasteiger partial charge in [-0.05, 0) is 19.1 Å². The summed E-state index contributed by atoms with van der Waals surface area (Å²) in [5.41, 5.74) is 9.24. The fourth-order valence-electron chi connectivity index (χ4n) is 2.15. The molecule has 0 aliphatic rings. The van der Waals surface area contributed by atoms with E-state index in [2.05, 4.69) is 10.1 Å². The molecule has 0 atom stereocenters. The Kier molecular flexibility index (Phi) is 2.69. The molecule has 2 aromatic heterocycles. The first kappa shape index (κ1) is 12.3. The standard InChI is InChI=1S/C12H11Cl2N5/c1-6-11(5-18(2)17-6)19-10-4-8(14)7(13)3-9(10)16-12(19)15/h3-5H,1-2H3,(H2,15,16). The van der Waals surface area contributed by atoms with Crippen molar-refractivity contribution in [3.05, 3.63) is 34.1 Å². The van der Waals surface area contributed by atoms with Crippen LogP contribution in [0.25, 0.3) is 16.7 Å². The highest BCUT2D eigenvalue weighted by molar-refractivity contribution is 6.42. The summed E-state index contributed by atoms with van der Waals surface area (Å²) in [5.74, 6) is 0.379. The Labute approximate surface area is 119 Å². The Hall–Kier alpha value is -1.72. The molecule has 98 valence electrons. The molecule has 0 aliphatic carbocycles. The lowest BCUT2D eigenvalue weighted by Crippen LogP contribution is -2.01. The number of anilines is 1. The van der Waals surface area contributed by atoms with Gasteiger partial charge in [-0.2, -0.15) is 5.10 Å². The van der Waals surface area contributed by atoms with Crippen LogP contribution in [0.3, 0.4) is 0 Å². The highest BCUT2D eigenvalue weighted by Gasteiger charge is 2.15. The molecule has 2 N–H and O–H groups in total. The van der Waals surface area contributed by atoms with Crippen LogP contribution in [-0.2, 0) is 7.05 Å². The van der Waals surface area contributed by atoms with Crippen molar-refractivity contribution in [3.63, 3.8) is 0 Å². The molecule has 0 fully saturated rings. The van der Waals surface area contributed by atoms with E-state index in [4.69, 9.17) is 28.9 Å². The third-order valence-electron chi connectivity index (χ3n) is 2.95. The van der Waals surface area contributed by atoms with E-state index in [1.54, 1.807) is 16.8 Å². The first-order valence-corrected chi connectivity index (χ1v) is 6.36. The number of nitrogen functional groups attached to an aromatic ring is 1. The van der Waals surface area contributed by atoms with Gasteiger partial charge in [-0.15, -0.1) is 0 Å². The van der Waals surface area contributed by atoms with Crippen molar-refractivity contribution in [1.29, 1.82) is 0 Å². The summed E-state index contributed by atoms with van der Waals surface area (Å²) in [7, 11) is 1.86. The first-order valence-electron chi connectivity index (χ1n) is 5.61. The molecule has 0 aliphatic heterocycles. The van der Waals surface area contributed by atoms with E-state index in [0.717, 1.165) is 16.9 Å². The Morgan fingerprint density at radius 2 is 1.89 bits per heavy atom. The molecular weight excluding hydrogens is 285 g/mol. The van der Waals surface area contributed by atoms with Crippen LogP contribution >= 0.6 is 23.2 Å². The number of aromatic nitrogens is 4. The number of rotatable bonds is 1. The zero-order chi connectivity index (χ0) is 13.7. The smallest absolute Gasteiger partial charge is 0.206 e. The van der Waals surface area contributed by atoms with Crippen molar-refractivity contribution < 1.29 is 0 Å². The molecule has 3 aromatic rings. The van der Waals surface area contributed by atoms with E-state index in [0.29, 0.717) is 21.5 Å². The van der Waals surface area contributed by atoms with E-state index in [1.165, 1.54) is 0 Å². The van der Waals surface area contributed by atoms with Crippen LogP contribution in [0, 0.1) is 6.92 Å². The van der Waals surface area contributed by atoms with E-state index in [9.17, 15) is 0 Å². The topological polar surface area (TPSA) is 61.7 Å². The van der Waals surface area contributed by atoms with Crippen molar-refractivity contribution in [2.75, 3.05) is 5.73 Å². The van der Waals surface area contributed by atoms with Crippen molar-refractivity contribution in [2.24, 2.45) is 7.05 Å². The minimum absolute atomic E-state index is 0.379. The van der Waals surface area contributed by atoms with Crippen molar-refractivity contribution >= 4 is 40.2 Å². The van der Waals surface area contributed by atoms with Gasteiger partial charge in [0.15, 0.2) is 0 Å². The maximum Gasteiger partial charge on any atom is 0.206 e. The van der Waals surface area contributed by atoms with Crippen LogP contribution in [0.5, 0.6) is 0 Å². The number of nitrogens with two attached hydrogens (primary N) is 1. The normalized spacial score (nSPS) is 11.4. The number of hydrogen-bond acceptors (Lipinski definition) is 3. The van der Waals surface area contributed by atoms with Gasteiger partial charge >= 0.3 is 0 Å². The largest absolute Gasteiger partial charge is 0.369 e. The summed E-state index contributed by atoms with van der Waals surface area (Å²) in [6.07, 6.45) is 1.88. The number of aryl methyl sites for hydroxylation is 2. The maximum atomic E-state index is 6.07. The highest BCUT2D eigenvalue weighted by Crippen LogP contribution is 2.31. The van der Waals surface area contributed by atoms with Gasteiger partial charge < -0.3 is 5.73 Å². The molecule has 19 heavy (non-hydrogen) atoms. The van der Waals surface area contributed by atoms with Crippen LogP contribution in [0.15, 0.2) is 18.3 Å². The third kappa shape index (κ3) is 1.86. The summed E-state index contributed by atoms with van der Waals surface area (Å²) >= 11 is 12.1. The van der Waals surface area contributed by atoms with Gasteiger partial charge in [-0.3, -0.25) is 9.25 Å². The van der Waals surface area contributed by atoms with Crippen molar-refractivity contribution in [1.82, 2.24) is 19.3 Å². The second-order valence-electron chi connectivity index (χ2n) is 4.33. The van der Waals surface area contributed by atoms with Gasteiger partial charge in [0.25, 0.3) is 0 Å². The van der Waals surface area contributed by atoms with Gasteiger partial charge in [0.2, 0.25) is 5.95 Å². The Balaban J connectivity index is 2.37. The molecule has 0 spiro atoms. The summed E-state index contributed by atoms with van der Waals surface area (Å²) in [4.78, 5) is 4.30. The lowest BCUT2D eigenvalue weighted by molar-refractivity contribution is 0.756. The molecule has 2 heterocycles. The fourth-order valence-corrected chi connectivity index (χ4v) is 2.47. The molecule has 0 unspecified atom stereocenters. The summed E-state index contributed by atoms with van der Waals surface area (Å²) in [6, 6.07) is 3.47. The van der Waals surface area contributed by atoms with Crippen molar-refractivity contribution in [3.8, 4) is 5.69 Å². The quantitative estimate of drug-likeness (QED) is 0.751. The summed E-state index contributed by atoms with van der Waals surface area (Å²) in [5, 5.41) is 5.24. The van der Waals surface area contributed by atoms with E-state index >= 15 is 0 Å². The number of imidazole rings is 1. The van der Waals surface area contributed by atoms with Crippen LogP contribution in [0.1, 0.15) is 5.69 Å². The zero-order valence-electron chi connectivity index (χ0n) is 10.4. The minimum atomic E-state index is 0.379. The van der Waals surface area contributed by atoms with Gasteiger partial charge in [0.05, 0.1) is 32.5 Å². The van der Waals surface area contributed by atoms with Gasteiger partial charge in [-0.1, -0.05) is 23.2 Å². The average Bonchev–Trinajstić information content (AvgIpc) is 2.79. The van der Waals surface area contributed by atoms with Crippen molar-refractivity contribution in [2.45, 2.75) is 6.92 Å². The predicted octanol–water partition coefficient (Wildman–Crippen LogP) is 2.96. The molecule has 0 saturated heterocycles. The Morgan fingerprint density at radius 1 is 1.21 bits per heavy atom. The first-order chi connectivity index (χ1) is 8.97. The summed E-state index contributed by atoms with van der Waals surface area (Å²) in [6.45, 7) is 1.91. The van der Waals surface area contributed by atoms with Crippen LogP contribution in [0.2, 0.25) is 10.0 Å². The second-order valence-corrected chi connectivity index (χ2v) is 5.15. The average molecular weight is 296 g/mol. The Morgan fingerprint density at radius 3 is 2.53 bits per heavy atom. The molecule has 0 saturated carbocycles. The van der Waals surface area contributed by atoms with E-state index < -0.39 is 0 Å². The van der Waals surface area contributed by atoms with Gasteiger partial charge in [-0.25, -0.2) is 4.98 Å². The number of nitrogens with zero attached hydrogens (tertiary/aromatic N) is 4. The zero-order valence-corrected chi connectivity index (χ0v) is 11.9. The number of fused-ring (bicyclic) bond motifs is 1. The Bertz CT molecular complexity index is 787. The van der Waals surface area contributed by atoms with Crippen LogP contribution in [0.4, 0.5) is 5.95 Å². The summed E-state index contributed by atoms with van der Waals surface area (Å²) < 4.78 is 3.55. The molecular formula is C12H11Cl2N5. The third-order valence-corrected chi connectivity index (χ3v) is 3.67. The van der Waals surface area contributed by atoms with Gasteiger partial charge in [0, 0.05) is 13.2 Å². The SMILES string of the molecule is Cc1nn(C)cc1-n1c(N)nc2cc(Cl)c(Cl)cc21. The molecule has 7 heteroatoms. The maximum absolute atomic E-state index is 6.07. The highest BCUT2D eigenvalue weighted by atomic mass is 35.5. The molecule has 5 nitrogen and oxygen atoms in total. The van der Waals surface area contributed by atoms with Crippen LogP contribution in [-0.4, -0.2) is 19.3 Å². The molecule has 0 bridgehead atoms. The molecule has 0 radical (unpaired) electrons. The monoisotopic (exact) mass is 295 g/mol. The number of hydrogen-bond donors (Lipinski definition) is 1. The fraction of sp³-hybridized carbons (Fsp3) is 0.167. The van der Waals surface area contributed by atoms with E-state index in [-0.39, 0.29) is 0 Å².